The van der Waals surface area contributed by atoms with Crippen LogP contribution < -0.4 is 0 Å². The molecule has 0 radical (unpaired) electrons. The Morgan fingerprint density at radius 1 is 0.957 bits per heavy atom. The fourth-order valence-electron chi connectivity index (χ4n) is 1.78. The van der Waals surface area contributed by atoms with Gasteiger partial charge in [-0.15, -0.1) is 0 Å². The topological polar surface area (TPSA) is 160 Å². The predicted octanol–water partition coefficient (Wildman–Crippen LogP) is 4.43. The van der Waals surface area contributed by atoms with Gasteiger partial charge in [0, 0.05) is 0 Å². The van der Waals surface area contributed by atoms with Crippen LogP contribution in [0.1, 0.15) is 19.4 Å². The molecule has 0 saturated heterocycles. The molecule has 0 saturated carbocycles. The molecule has 0 heterocycles. The Morgan fingerprint density at radius 3 is 1.70 bits per heavy atom. The van der Waals surface area contributed by atoms with Gasteiger partial charge >= 0.3 is 36.3 Å². The maximum Gasteiger partial charge on any atom is 2.00 e. The molecule has 2 unspecified atom stereocenters. The Morgan fingerprint density at radius 2 is 1.35 bits per heavy atom. The van der Waals surface area contributed by atoms with Gasteiger partial charge in [0.05, 0.1) is 13.2 Å². The first-order valence-electron chi connectivity index (χ1n) is 6.31. The van der Waals surface area contributed by atoms with Crippen LogP contribution in [0.15, 0.2) is 30.3 Å². The van der Waals surface area contributed by atoms with E-state index in [1.165, 1.54) is 0 Å². The van der Waals surface area contributed by atoms with Crippen LogP contribution in [0.25, 0.3) is 12.3 Å². The van der Waals surface area contributed by atoms with Gasteiger partial charge in [0.25, 0.3) is 0 Å². The summed E-state index contributed by atoms with van der Waals surface area (Å²) in [4.78, 5) is 19.8. The molecule has 6 N–H and O–H groups in total. The Labute approximate surface area is 151 Å². The van der Waals surface area contributed by atoms with Crippen molar-refractivity contribution in [2.75, 3.05) is 13.2 Å². The third-order valence-electron chi connectivity index (χ3n) is 2.64. The van der Waals surface area contributed by atoms with Gasteiger partial charge in [-0.1, -0.05) is 30.3 Å². The third-order valence-corrected chi connectivity index (χ3v) is 7.52. The van der Waals surface area contributed by atoms with Crippen LogP contribution in [-0.4, -0.2) is 28.4 Å². The van der Waals surface area contributed by atoms with Crippen LogP contribution in [0, 0.1) is 0 Å². The van der Waals surface area contributed by atoms with Gasteiger partial charge in [-0.2, -0.15) is 0 Å². The SMILES string of the molecule is CCOP(=O)(O)C(Cc1ccccc1)P(=O)(O)OCC.[NH2-].[NH2-].[Pt+2]. The summed E-state index contributed by atoms with van der Waals surface area (Å²) in [6.07, 6.45) is -0.0671. The van der Waals surface area contributed by atoms with Crippen LogP contribution in [0.4, 0.5) is 0 Å². The van der Waals surface area contributed by atoms with Crippen molar-refractivity contribution in [3.63, 3.8) is 0 Å². The summed E-state index contributed by atoms with van der Waals surface area (Å²) in [7, 11) is -8.51. The van der Waals surface area contributed by atoms with E-state index in [0.717, 1.165) is 0 Å². The molecular formula is C12H24N2O6P2Pt. The summed E-state index contributed by atoms with van der Waals surface area (Å²) in [5, 5.41) is -1.49. The fraction of sp³-hybridized carbons (Fsp3) is 0.500. The van der Waals surface area contributed by atoms with Gasteiger partial charge in [-0.3, -0.25) is 9.13 Å². The number of rotatable bonds is 8. The summed E-state index contributed by atoms with van der Waals surface area (Å²) in [5.74, 6) is 0. The number of hydrogen-bond donors (Lipinski definition) is 2. The van der Waals surface area contributed by atoms with Crippen LogP contribution in [-0.2, 0) is 45.7 Å². The first-order chi connectivity index (χ1) is 9.33. The number of benzene rings is 1. The summed E-state index contributed by atoms with van der Waals surface area (Å²) in [6.45, 7) is 3.05. The standard InChI is InChI=1S/C12H20O6P2.2H2N.Pt/c1-3-17-19(13,14)12(20(15,16)18-4-2)10-11-8-6-5-7-9-11;;;/h5-9,12H,3-4,10H2,1-2H3,(H,13,14)(H,15,16);2*1H2;/q;2*-1;+2. The molecule has 0 aromatic heterocycles. The van der Waals surface area contributed by atoms with Crippen molar-refractivity contribution in [2.24, 2.45) is 0 Å². The zero-order valence-electron chi connectivity index (χ0n) is 13.0. The van der Waals surface area contributed by atoms with E-state index < -0.39 is 20.6 Å². The molecular weight excluding hydrogens is 525 g/mol. The molecule has 0 aliphatic rings. The van der Waals surface area contributed by atoms with E-state index >= 15 is 0 Å². The van der Waals surface area contributed by atoms with Gasteiger partial charge in [0.15, 0.2) is 5.40 Å². The molecule has 1 aromatic rings. The minimum Gasteiger partial charge on any atom is -0.693 e. The molecule has 1 aromatic carbocycles. The van der Waals surface area contributed by atoms with Crippen LogP contribution >= 0.6 is 15.2 Å². The second kappa shape index (κ2) is 12.5. The van der Waals surface area contributed by atoms with Crippen molar-refractivity contribution in [2.45, 2.75) is 25.7 Å². The van der Waals surface area contributed by atoms with E-state index in [2.05, 4.69) is 0 Å². The predicted molar refractivity (Wildman–Crippen MR) is 87.4 cm³/mol. The van der Waals surface area contributed by atoms with Crippen LogP contribution in [0.2, 0.25) is 0 Å². The van der Waals surface area contributed by atoms with Crippen LogP contribution in [0.3, 0.4) is 0 Å². The van der Waals surface area contributed by atoms with Gasteiger partial charge in [0.1, 0.15) is 0 Å². The molecule has 1 rings (SSSR count). The largest absolute Gasteiger partial charge is 2.00 e. The zero-order valence-corrected chi connectivity index (χ0v) is 17.0. The fourth-order valence-corrected chi connectivity index (χ4v) is 5.62. The van der Waals surface area contributed by atoms with E-state index in [9.17, 15) is 18.9 Å². The monoisotopic (exact) mass is 549 g/mol. The Bertz CT molecular complexity index is 494. The van der Waals surface area contributed by atoms with E-state index in [1.807, 2.05) is 0 Å². The normalized spacial score (nSPS) is 16.5. The van der Waals surface area contributed by atoms with Crippen LogP contribution in [0.5, 0.6) is 0 Å². The molecule has 0 aliphatic carbocycles. The smallest absolute Gasteiger partial charge is 0.693 e. The van der Waals surface area contributed by atoms with Crippen molar-refractivity contribution >= 4 is 15.2 Å². The van der Waals surface area contributed by atoms with Crippen molar-refractivity contribution in [3.8, 4) is 0 Å². The number of nitrogens with two attached hydrogens (primary N) is 2. The summed E-state index contributed by atoms with van der Waals surface area (Å²) >= 11 is 0. The maximum absolute atomic E-state index is 12.2. The minimum atomic E-state index is -4.26. The van der Waals surface area contributed by atoms with Gasteiger partial charge in [-0.05, 0) is 25.8 Å². The Kier molecular flexibility index (Phi) is 15.2. The number of hydrogen-bond acceptors (Lipinski definition) is 4. The molecule has 0 fully saturated rings. The average molecular weight is 549 g/mol. The molecule has 0 spiro atoms. The summed E-state index contributed by atoms with van der Waals surface area (Å²) in [5.41, 5.74) is 0.667. The molecule has 0 amide bonds. The van der Waals surface area contributed by atoms with E-state index in [-0.39, 0.29) is 53.0 Å². The van der Waals surface area contributed by atoms with Gasteiger partial charge in [0.2, 0.25) is 0 Å². The van der Waals surface area contributed by atoms with Crippen molar-refractivity contribution in [3.05, 3.63) is 48.2 Å². The van der Waals surface area contributed by atoms with E-state index in [4.69, 9.17) is 9.05 Å². The maximum atomic E-state index is 12.2. The molecule has 11 heteroatoms. The Hall–Kier alpha value is 0.128. The second-order valence-electron chi connectivity index (χ2n) is 4.13. The van der Waals surface area contributed by atoms with Crippen molar-refractivity contribution in [1.29, 1.82) is 0 Å². The molecule has 138 valence electrons. The molecule has 0 bridgehead atoms. The zero-order chi connectivity index (χ0) is 15.2. The summed E-state index contributed by atoms with van der Waals surface area (Å²) in [6, 6.07) is 8.72. The Balaban J connectivity index is -0.00000133. The molecule has 2 atom stereocenters. The van der Waals surface area contributed by atoms with Crippen molar-refractivity contribution in [1.82, 2.24) is 0 Å². The van der Waals surface area contributed by atoms with Gasteiger partial charge < -0.3 is 31.1 Å². The molecule has 8 nitrogen and oxygen atoms in total. The quantitative estimate of drug-likeness (QED) is 0.456. The minimum absolute atomic E-state index is 0. The molecule has 0 aliphatic heterocycles. The first-order valence-corrected chi connectivity index (χ1v) is 9.60. The average Bonchev–Trinajstić information content (AvgIpc) is 2.36. The molecule has 23 heavy (non-hydrogen) atoms. The summed E-state index contributed by atoms with van der Waals surface area (Å²) < 4.78 is 33.9. The van der Waals surface area contributed by atoms with E-state index in [1.54, 1.807) is 44.2 Å². The van der Waals surface area contributed by atoms with Gasteiger partial charge in [-0.25, -0.2) is 0 Å². The first kappa shape index (κ1) is 28.0. The second-order valence-corrected chi connectivity index (χ2v) is 8.56. The van der Waals surface area contributed by atoms with Crippen molar-refractivity contribution < 1.29 is 49.0 Å². The third kappa shape index (κ3) is 8.69. The van der Waals surface area contributed by atoms with E-state index in [0.29, 0.717) is 5.56 Å².